The summed E-state index contributed by atoms with van der Waals surface area (Å²) in [5.74, 6) is -1.01. The lowest BCUT2D eigenvalue weighted by Gasteiger charge is -2.39. The molecule has 126 valence electrons. The van der Waals surface area contributed by atoms with Gasteiger partial charge in [-0.1, -0.05) is 0 Å². The summed E-state index contributed by atoms with van der Waals surface area (Å²) in [5.41, 5.74) is 0.906. The largest absolute Gasteiger partial charge is 0.478 e. The van der Waals surface area contributed by atoms with Gasteiger partial charge in [0.25, 0.3) is 0 Å². The summed E-state index contributed by atoms with van der Waals surface area (Å²) in [6, 6.07) is 3.12. The van der Waals surface area contributed by atoms with Crippen LogP contribution in [-0.2, 0) is 0 Å². The molecule has 0 atom stereocenters. The van der Waals surface area contributed by atoms with Crippen molar-refractivity contribution in [3.05, 3.63) is 16.0 Å². The zero-order chi connectivity index (χ0) is 17.1. The molecule has 0 saturated heterocycles. The summed E-state index contributed by atoms with van der Waals surface area (Å²) < 4.78 is 0. The number of aromatic carboxylic acids is 1. The third-order valence-corrected chi connectivity index (χ3v) is 6.11. The smallest absolute Gasteiger partial charge is 0.338 e. The van der Waals surface area contributed by atoms with Crippen molar-refractivity contribution >= 4 is 22.3 Å². The molecular weight excluding hydrogens is 310 g/mol. The molecule has 1 saturated carbocycles. The molecule has 0 bridgehead atoms. The number of nitriles is 1. The highest BCUT2D eigenvalue weighted by molar-refractivity contribution is 7.17. The third kappa shape index (κ3) is 3.51. The summed E-state index contributed by atoms with van der Waals surface area (Å²) in [6.07, 6.45) is 4.54. The van der Waals surface area contributed by atoms with Crippen LogP contribution in [0.3, 0.4) is 0 Å². The maximum Gasteiger partial charge on any atom is 0.338 e. The van der Waals surface area contributed by atoms with Crippen molar-refractivity contribution in [1.29, 1.82) is 5.26 Å². The normalized spacial score (nSPS) is 21.2. The van der Waals surface area contributed by atoms with Crippen molar-refractivity contribution in [2.24, 2.45) is 0 Å². The van der Waals surface area contributed by atoms with Crippen LogP contribution in [0.15, 0.2) is 0 Å². The highest BCUT2D eigenvalue weighted by Crippen LogP contribution is 2.38. The van der Waals surface area contributed by atoms with E-state index >= 15 is 0 Å². The average molecular weight is 335 g/mol. The molecule has 1 N–H and O–H groups in total. The number of nitrogens with zero attached hydrogens (tertiary/aromatic N) is 3. The van der Waals surface area contributed by atoms with Crippen molar-refractivity contribution in [3.8, 4) is 6.07 Å². The average Bonchev–Trinajstić information content (AvgIpc) is 2.85. The van der Waals surface area contributed by atoms with Crippen LogP contribution >= 0.6 is 11.3 Å². The monoisotopic (exact) mass is 335 g/mol. The molecule has 6 heteroatoms. The number of hydrogen-bond donors (Lipinski definition) is 1. The first-order chi connectivity index (χ1) is 10.9. The van der Waals surface area contributed by atoms with Gasteiger partial charge in [-0.25, -0.2) is 4.79 Å². The minimum Gasteiger partial charge on any atom is -0.478 e. The lowest BCUT2D eigenvalue weighted by Crippen LogP contribution is -2.42. The molecule has 1 aliphatic rings. The Bertz CT molecular complexity index is 610. The Balaban J connectivity index is 2.26. The molecule has 1 aromatic rings. The molecule has 0 radical (unpaired) electrons. The highest BCUT2D eigenvalue weighted by Gasteiger charge is 2.30. The number of anilines is 1. The minimum atomic E-state index is -1.01. The predicted octanol–water partition coefficient (Wildman–Crippen LogP) is 3.33. The minimum absolute atomic E-state index is 0.174. The van der Waals surface area contributed by atoms with Gasteiger partial charge in [-0.15, -0.1) is 11.3 Å². The second kappa shape index (κ2) is 7.33. The summed E-state index contributed by atoms with van der Waals surface area (Å²) >= 11 is 1.32. The SMILES string of the molecule is CCN(c1sc(C#N)c(C(=O)O)c1C)C1CCC(N(C)C)CC1. The summed E-state index contributed by atoms with van der Waals surface area (Å²) in [4.78, 5) is 16.4. The molecule has 23 heavy (non-hydrogen) atoms. The first kappa shape index (κ1) is 17.8. The van der Waals surface area contributed by atoms with E-state index in [1.54, 1.807) is 0 Å². The Morgan fingerprint density at radius 3 is 2.26 bits per heavy atom. The van der Waals surface area contributed by atoms with E-state index in [1.807, 2.05) is 13.0 Å². The molecule has 0 amide bonds. The Labute approximate surface area is 142 Å². The highest BCUT2D eigenvalue weighted by atomic mass is 32.1. The van der Waals surface area contributed by atoms with Gasteiger partial charge < -0.3 is 14.9 Å². The van der Waals surface area contributed by atoms with Gasteiger partial charge in [0, 0.05) is 18.6 Å². The van der Waals surface area contributed by atoms with Gasteiger partial charge in [0.2, 0.25) is 0 Å². The summed E-state index contributed by atoms with van der Waals surface area (Å²) in [5, 5.41) is 19.6. The number of thiophene rings is 1. The van der Waals surface area contributed by atoms with Crippen molar-refractivity contribution in [3.63, 3.8) is 0 Å². The fourth-order valence-electron chi connectivity index (χ4n) is 3.57. The number of carbonyl (C=O) groups is 1. The molecular formula is C17H25N3O2S. The first-order valence-corrected chi connectivity index (χ1v) is 8.92. The van der Waals surface area contributed by atoms with Gasteiger partial charge in [0.15, 0.2) is 0 Å². The maximum absolute atomic E-state index is 11.5. The van der Waals surface area contributed by atoms with E-state index in [4.69, 9.17) is 0 Å². The molecule has 1 heterocycles. The molecule has 5 nitrogen and oxygen atoms in total. The second-order valence-corrected chi connectivity index (χ2v) is 7.36. The van der Waals surface area contributed by atoms with Crippen molar-refractivity contribution in [1.82, 2.24) is 4.90 Å². The number of carboxylic acids is 1. The Morgan fingerprint density at radius 2 is 1.87 bits per heavy atom. The Hall–Kier alpha value is -1.58. The van der Waals surface area contributed by atoms with Gasteiger partial charge in [0.05, 0.1) is 10.6 Å². The fraction of sp³-hybridized carbons (Fsp3) is 0.647. The summed E-state index contributed by atoms with van der Waals surface area (Å²) in [7, 11) is 4.26. The van der Waals surface area contributed by atoms with E-state index in [0.29, 0.717) is 17.0 Å². The molecule has 0 unspecified atom stereocenters. The van der Waals surface area contributed by atoms with Crippen LogP contribution in [0.25, 0.3) is 0 Å². The molecule has 1 fully saturated rings. The third-order valence-electron chi connectivity index (χ3n) is 4.88. The van der Waals surface area contributed by atoms with Gasteiger partial charge in [-0.3, -0.25) is 0 Å². The molecule has 0 aromatic carbocycles. The van der Waals surface area contributed by atoms with E-state index in [9.17, 15) is 15.2 Å². The molecule has 1 aliphatic carbocycles. The van der Waals surface area contributed by atoms with E-state index in [-0.39, 0.29) is 5.56 Å². The molecule has 1 aromatic heterocycles. The van der Waals surface area contributed by atoms with E-state index in [0.717, 1.165) is 42.8 Å². The van der Waals surface area contributed by atoms with Crippen LogP contribution < -0.4 is 4.90 Å². The first-order valence-electron chi connectivity index (χ1n) is 8.10. The van der Waals surface area contributed by atoms with E-state index < -0.39 is 5.97 Å². The topological polar surface area (TPSA) is 67.6 Å². The Kier molecular flexibility index (Phi) is 5.66. The fourth-order valence-corrected chi connectivity index (χ4v) is 4.80. The molecule has 2 rings (SSSR count). The zero-order valence-electron chi connectivity index (χ0n) is 14.3. The van der Waals surface area contributed by atoms with Crippen LogP contribution in [0.5, 0.6) is 0 Å². The second-order valence-electron chi connectivity index (χ2n) is 6.37. The maximum atomic E-state index is 11.5. The summed E-state index contributed by atoms with van der Waals surface area (Å²) in [6.45, 7) is 4.76. The Morgan fingerprint density at radius 1 is 1.30 bits per heavy atom. The number of carboxylic acid groups (broad SMARTS) is 1. The van der Waals surface area contributed by atoms with Gasteiger partial charge in [-0.05, 0) is 59.2 Å². The van der Waals surface area contributed by atoms with Gasteiger partial charge in [-0.2, -0.15) is 5.26 Å². The standard InChI is InChI=1S/C17H25N3O2S/c1-5-20(13-8-6-12(7-9-13)19(3)4)16-11(2)15(17(21)22)14(10-18)23-16/h12-13H,5-9H2,1-4H3,(H,21,22). The predicted molar refractivity (Wildman–Crippen MR) is 93.5 cm³/mol. The van der Waals surface area contributed by atoms with Crippen molar-refractivity contribution in [2.75, 3.05) is 25.5 Å². The molecule has 0 spiro atoms. The van der Waals surface area contributed by atoms with Crippen molar-refractivity contribution in [2.45, 2.75) is 51.6 Å². The van der Waals surface area contributed by atoms with Crippen LogP contribution in [0, 0.1) is 18.3 Å². The van der Waals surface area contributed by atoms with Crippen molar-refractivity contribution < 1.29 is 9.90 Å². The van der Waals surface area contributed by atoms with E-state index in [2.05, 4.69) is 30.8 Å². The van der Waals surface area contributed by atoms with E-state index in [1.165, 1.54) is 11.3 Å². The lowest BCUT2D eigenvalue weighted by atomic mass is 9.89. The van der Waals surface area contributed by atoms with Crippen LogP contribution in [-0.4, -0.2) is 48.7 Å². The van der Waals surface area contributed by atoms with Crippen LogP contribution in [0.4, 0.5) is 5.00 Å². The molecule has 0 aliphatic heterocycles. The quantitative estimate of drug-likeness (QED) is 0.894. The lowest BCUT2D eigenvalue weighted by molar-refractivity contribution is 0.0696. The number of hydrogen-bond acceptors (Lipinski definition) is 5. The zero-order valence-corrected chi connectivity index (χ0v) is 15.1. The van der Waals surface area contributed by atoms with Gasteiger partial charge >= 0.3 is 5.97 Å². The van der Waals surface area contributed by atoms with Gasteiger partial charge in [0.1, 0.15) is 10.9 Å². The van der Waals surface area contributed by atoms with Crippen LogP contribution in [0.2, 0.25) is 0 Å². The number of rotatable bonds is 5. The van der Waals surface area contributed by atoms with Crippen LogP contribution in [0.1, 0.15) is 53.4 Å².